The Bertz CT molecular complexity index is 578. The number of aliphatic hydroxyl groups is 3. The number of carbonyl (C=O) groups is 1. The van der Waals surface area contributed by atoms with Gasteiger partial charge in [-0.05, 0) is 89.3 Å². The van der Waals surface area contributed by atoms with Gasteiger partial charge >= 0.3 is 0 Å². The normalized spacial score (nSPS) is 44.0. The van der Waals surface area contributed by atoms with Crippen LogP contribution < -0.4 is 0 Å². The number of halogens is 1. The van der Waals surface area contributed by atoms with Crippen molar-refractivity contribution in [1.29, 1.82) is 0 Å². The second-order valence-corrected chi connectivity index (χ2v) is 9.91. The van der Waals surface area contributed by atoms with Gasteiger partial charge in [0.15, 0.2) is 0 Å². The molecule has 5 atom stereocenters. The first kappa shape index (κ1) is 18.4. The van der Waals surface area contributed by atoms with Gasteiger partial charge in [0.2, 0.25) is 5.24 Å². The van der Waals surface area contributed by atoms with Crippen LogP contribution in [-0.4, -0.2) is 37.4 Å². The fourth-order valence-corrected chi connectivity index (χ4v) is 6.36. The summed E-state index contributed by atoms with van der Waals surface area (Å²) in [4.78, 5) is 10.9. The molecule has 4 saturated carbocycles. The highest BCUT2D eigenvalue weighted by molar-refractivity contribution is 6.66. The second-order valence-electron chi connectivity index (χ2n) is 9.54. The van der Waals surface area contributed by atoms with E-state index in [0.29, 0.717) is 31.6 Å². The van der Waals surface area contributed by atoms with Gasteiger partial charge in [0.25, 0.3) is 0 Å². The molecule has 0 amide bonds. The molecule has 0 radical (unpaired) electrons. The summed E-state index contributed by atoms with van der Waals surface area (Å²) in [6.07, 6.45) is 7.62. The predicted molar refractivity (Wildman–Crippen MR) is 92.5 cm³/mol. The first-order valence-corrected chi connectivity index (χ1v) is 9.23. The van der Waals surface area contributed by atoms with Gasteiger partial charge in [0.1, 0.15) is 0 Å². The molecular weight excluding hydrogens is 328 g/mol. The molecule has 5 unspecified atom stereocenters. The van der Waals surface area contributed by atoms with Crippen molar-refractivity contribution in [3.05, 3.63) is 12.2 Å². The molecular formula is C19H29ClO4. The van der Waals surface area contributed by atoms with Crippen LogP contribution in [0.1, 0.15) is 65.7 Å². The first-order chi connectivity index (χ1) is 10.8. The van der Waals surface area contributed by atoms with Crippen molar-refractivity contribution in [3.8, 4) is 0 Å². The maximum atomic E-state index is 11.3. The molecule has 0 aromatic rings. The summed E-state index contributed by atoms with van der Waals surface area (Å²) in [5.74, 6) is 0.322. The lowest BCUT2D eigenvalue weighted by atomic mass is 9.37. The average molecular weight is 357 g/mol. The Kier molecular flexibility index (Phi) is 4.05. The molecule has 0 saturated heterocycles. The Morgan fingerprint density at radius 1 is 1.12 bits per heavy atom. The highest BCUT2D eigenvalue weighted by Gasteiger charge is 2.69. The van der Waals surface area contributed by atoms with E-state index in [0.717, 1.165) is 19.3 Å². The molecule has 4 aliphatic carbocycles. The lowest BCUT2D eigenvalue weighted by Gasteiger charge is -2.70. The lowest BCUT2D eigenvalue weighted by Crippen LogP contribution is -2.69. The molecule has 3 N–H and O–H groups in total. The molecule has 0 heterocycles. The van der Waals surface area contributed by atoms with E-state index < -0.39 is 27.5 Å². The maximum Gasteiger partial charge on any atom is 0.244 e. The van der Waals surface area contributed by atoms with E-state index in [1.54, 1.807) is 13.0 Å². The molecule has 0 aromatic carbocycles. The van der Waals surface area contributed by atoms with Gasteiger partial charge in [-0.1, -0.05) is 6.08 Å². The highest BCUT2D eigenvalue weighted by Crippen LogP contribution is 2.72. The van der Waals surface area contributed by atoms with Gasteiger partial charge in [-0.2, -0.15) is 0 Å². The molecule has 4 bridgehead atoms. The molecule has 24 heavy (non-hydrogen) atoms. The zero-order valence-corrected chi connectivity index (χ0v) is 15.6. The van der Waals surface area contributed by atoms with Gasteiger partial charge in [-0.25, -0.2) is 0 Å². The van der Waals surface area contributed by atoms with Crippen LogP contribution in [-0.2, 0) is 4.79 Å². The third kappa shape index (κ3) is 2.76. The Labute approximate surface area is 148 Å². The maximum absolute atomic E-state index is 11.3. The molecule has 4 nitrogen and oxygen atoms in total. The number of hydrogen-bond donors (Lipinski definition) is 3. The molecule has 0 aromatic heterocycles. The lowest BCUT2D eigenvalue weighted by molar-refractivity contribution is -0.283. The van der Waals surface area contributed by atoms with Crippen LogP contribution in [0, 0.1) is 16.7 Å². The van der Waals surface area contributed by atoms with Crippen LogP contribution in [0.4, 0.5) is 0 Å². The van der Waals surface area contributed by atoms with Gasteiger partial charge in [0.05, 0.1) is 16.8 Å². The molecule has 5 heteroatoms. The van der Waals surface area contributed by atoms with Crippen molar-refractivity contribution in [3.63, 3.8) is 0 Å². The van der Waals surface area contributed by atoms with E-state index in [4.69, 9.17) is 11.6 Å². The van der Waals surface area contributed by atoms with Gasteiger partial charge < -0.3 is 15.3 Å². The third-order valence-electron chi connectivity index (χ3n) is 7.24. The number of allylic oxidation sites excluding steroid dienone is 1. The van der Waals surface area contributed by atoms with Gasteiger partial charge in [0, 0.05) is 10.8 Å². The molecule has 0 aliphatic heterocycles. The van der Waals surface area contributed by atoms with E-state index in [1.165, 1.54) is 6.08 Å². The SMILES string of the molecule is CC(C)(O)C12CC3CC(O)(C1)CC(C(C)(O)C/C=C\C(=O)Cl)(C3)C2. The molecule has 136 valence electrons. The summed E-state index contributed by atoms with van der Waals surface area (Å²) in [5.41, 5.74) is -3.57. The van der Waals surface area contributed by atoms with Gasteiger partial charge in [-0.3, -0.25) is 4.79 Å². The quantitative estimate of drug-likeness (QED) is 0.523. The first-order valence-electron chi connectivity index (χ1n) is 8.85. The topological polar surface area (TPSA) is 77.8 Å². The number of rotatable bonds is 5. The monoisotopic (exact) mass is 356 g/mol. The standard InChI is InChI=1S/C19H29ClO4/c1-15(2,22)17-7-13-8-18(10-17,12-19(24,9-13)11-17)16(3,23)6-4-5-14(20)21/h4-5,13,22-24H,6-12H2,1-3H3/b5-4-. The average Bonchev–Trinajstić information content (AvgIpc) is 2.33. The zero-order chi connectivity index (χ0) is 18.0. The van der Waals surface area contributed by atoms with Crippen LogP contribution in [0.5, 0.6) is 0 Å². The summed E-state index contributed by atoms with van der Waals surface area (Å²) < 4.78 is 0. The smallest absolute Gasteiger partial charge is 0.244 e. The molecule has 0 spiro atoms. The summed E-state index contributed by atoms with van der Waals surface area (Å²) >= 11 is 5.35. The van der Waals surface area contributed by atoms with Gasteiger partial charge in [-0.15, -0.1) is 0 Å². The molecule has 4 fully saturated rings. The largest absolute Gasteiger partial charge is 0.390 e. The third-order valence-corrected chi connectivity index (χ3v) is 7.37. The van der Waals surface area contributed by atoms with E-state index in [2.05, 4.69) is 0 Å². The number of hydrogen-bond acceptors (Lipinski definition) is 4. The summed E-state index contributed by atoms with van der Waals surface area (Å²) in [7, 11) is 0. The van der Waals surface area contributed by atoms with Crippen molar-refractivity contribution in [2.75, 3.05) is 0 Å². The fraction of sp³-hybridized carbons (Fsp3) is 0.842. The van der Waals surface area contributed by atoms with Crippen molar-refractivity contribution in [2.45, 2.75) is 82.5 Å². The van der Waals surface area contributed by atoms with Crippen LogP contribution in [0.2, 0.25) is 0 Å². The van der Waals surface area contributed by atoms with E-state index in [-0.39, 0.29) is 5.41 Å². The molecule has 4 aliphatic rings. The Hall–Kier alpha value is -0.420. The summed E-state index contributed by atoms with van der Waals surface area (Å²) in [6, 6.07) is 0. The van der Waals surface area contributed by atoms with Crippen molar-refractivity contribution in [1.82, 2.24) is 0 Å². The van der Waals surface area contributed by atoms with Crippen LogP contribution in [0.15, 0.2) is 12.2 Å². The summed E-state index contributed by atoms with van der Waals surface area (Å²) in [6.45, 7) is 5.46. The Balaban J connectivity index is 1.97. The van der Waals surface area contributed by atoms with Crippen molar-refractivity contribution >= 4 is 16.8 Å². The second kappa shape index (κ2) is 5.29. The minimum Gasteiger partial charge on any atom is -0.390 e. The van der Waals surface area contributed by atoms with Crippen molar-refractivity contribution < 1.29 is 20.1 Å². The van der Waals surface area contributed by atoms with Crippen LogP contribution in [0.25, 0.3) is 0 Å². The predicted octanol–water partition coefficient (Wildman–Crippen LogP) is 2.92. The van der Waals surface area contributed by atoms with E-state index >= 15 is 0 Å². The fourth-order valence-electron chi connectivity index (χ4n) is 6.27. The van der Waals surface area contributed by atoms with E-state index in [1.807, 2.05) is 13.8 Å². The molecule has 4 rings (SSSR count). The zero-order valence-electron chi connectivity index (χ0n) is 14.8. The highest BCUT2D eigenvalue weighted by atomic mass is 35.5. The minimum absolute atomic E-state index is 0.316. The van der Waals surface area contributed by atoms with Crippen LogP contribution >= 0.6 is 11.6 Å². The van der Waals surface area contributed by atoms with Crippen LogP contribution in [0.3, 0.4) is 0 Å². The minimum atomic E-state index is -1.06. The summed E-state index contributed by atoms with van der Waals surface area (Å²) in [5, 5.41) is 32.8. The Morgan fingerprint density at radius 2 is 1.71 bits per heavy atom. The van der Waals surface area contributed by atoms with E-state index in [9.17, 15) is 20.1 Å². The number of carbonyl (C=O) groups excluding carboxylic acids is 1. The van der Waals surface area contributed by atoms with Crippen molar-refractivity contribution in [2.24, 2.45) is 16.7 Å². The Morgan fingerprint density at radius 3 is 2.25 bits per heavy atom.